The van der Waals surface area contributed by atoms with E-state index in [1.807, 2.05) is 20.8 Å². The number of imidazole rings is 1. The number of rotatable bonds is 9. The van der Waals surface area contributed by atoms with E-state index in [1.165, 1.54) is 18.6 Å². The Morgan fingerprint density at radius 2 is 1.86 bits per heavy atom. The van der Waals surface area contributed by atoms with Gasteiger partial charge in [0.15, 0.2) is 5.69 Å². The third-order valence-corrected chi connectivity index (χ3v) is 7.09. The van der Waals surface area contributed by atoms with Crippen LogP contribution in [0.15, 0.2) is 36.9 Å². The summed E-state index contributed by atoms with van der Waals surface area (Å²) in [4.78, 5) is 26.4. The van der Waals surface area contributed by atoms with Crippen LogP contribution < -0.4 is 15.4 Å². The van der Waals surface area contributed by atoms with Crippen LogP contribution in [-0.2, 0) is 29.7 Å². The van der Waals surface area contributed by atoms with E-state index in [2.05, 4.69) is 25.6 Å². The highest BCUT2D eigenvalue weighted by Gasteiger charge is 2.28. The van der Waals surface area contributed by atoms with Crippen LogP contribution in [0.2, 0.25) is 0 Å². The van der Waals surface area contributed by atoms with Crippen LogP contribution in [0.5, 0.6) is 5.75 Å². The van der Waals surface area contributed by atoms with Crippen molar-refractivity contribution in [2.24, 2.45) is 0 Å². The van der Waals surface area contributed by atoms with Crippen molar-refractivity contribution < 1.29 is 31.8 Å². The first-order valence-corrected chi connectivity index (χ1v) is 13.8. The van der Waals surface area contributed by atoms with Gasteiger partial charge >= 0.3 is 12.1 Å². The van der Waals surface area contributed by atoms with E-state index in [0.29, 0.717) is 52.2 Å². The molecule has 3 aromatic heterocycles. The molecule has 13 heteroatoms. The Hall–Kier alpha value is -4.26. The van der Waals surface area contributed by atoms with E-state index in [-0.39, 0.29) is 42.6 Å². The number of nitrogens with one attached hydrogen (secondary N) is 2. The van der Waals surface area contributed by atoms with Gasteiger partial charge in [-0.15, -0.1) is 0 Å². The number of pyridine rings is 1. The molecular weight excluding hydrogens is 568 g/mol. The third kappa shape index (κ3) is 6.41. The first kappa shape index (κ1) is 30.2. The van der Waals surface area contributed by atoms with Gasteiger partial charge in [-0.25, -0.2) is 19.2 Å². The molecule has 2 N–H and O–H groups in total. The van der Waals surface area contributed by atoms with Gasteiger partial charge in [-0.3, -0.25) is 9.38 Å². The molecule has 1 aliphatic heterocycles. The fraction of sp³-hybridized carbons (Fsp3) is 0.400. The second-order valence-corrected chi connectivity index (χ2v) is 11.2. The summed E-state index contributed by atoms with van der Waals surface area (Å²) in [7, 11) is 0. The second-order valence-electron chi connectivity index (χ2n) is 11.2. The summed E-state index contributed by atoms with van der Waals surface area (Å²) in [6.07, 6.45) is 0.646. The molecule has 43 heavy (non-hydrogen) atoms. The number of fused-ring (bicyclic) bond motifs is 2. The Kier molecular flexibility index (Phi) is 8.28. The number of aromatic nitrogens is 4. The zero-order valence-electron chi connectivity index (χ0n) is 24.2. The van der Waals surface area contributed by atoms with Crippen molar-refractivity contribution in [3.05, 3.63) is 70.8 Å². The number of halogens is 4. The number of carbonyl (C=O) groups is 1. The van der Waals surface area contributed by atoms with E-state index in [4.69, 9.17) is 9.47 Å². The van der Waals surface area contributed by atoms with Crippen molar-refractivity contribution in [2.75, 3.05) is 25.1 Å². The number of esters is 1. The normalized spacial score (nSPS) is 13.2. The molecule has 0 aliphatic carbocycles. The van der Waals surface area contributed by atoms with Gasteiger partial charge in [0.05, 0.1) is 25.3 Å². The molecule has 0 atom stereocenters. The maximum absolute atomic E-state index is 14.8. The van der Waals surface area contributed by atoms with Crippen LogP contribution in [0.1, 0.15) is 60.6 Å². The first-order chi connectivity index (χ1) is 20.4. The van der Waals surface area contributed by atoms with Crippen LogP contribution in [-0.4, -0.2) is 51.3 Å². The predicted molar refractivity (Wildman–Crippen MR) is 152 cm³/mol. The molecule has 5 rings (SSSR count). The highest BCUT2D eigenvalue weighted by Crippen LogP contribution is 2.34. The second kappa shape index (κ2) is 11.8. The number of carbonyl (C=O) groups excluding carboxylic acids is 1. The van der Waals surface area contributed by atoms with E-state index in [1.54, 1.807) is 29.7 Å². The third-order valence-electron chi connectivity index (χ3n) is 7.09. The van der Waals surface area contributed by atoms with Gasteiger partial charge in [-0.1, -0.05) is 20.8 Å². The number of benzene rings is 1. The SMILES string of the molecule is CCOC(=O)c1ncn2c(NCc3c(F)ccc4c3CCO4)ncc(-c3cnc(C(C)(C)C)cc3CNCC(F)(F)F)c12. The number of anilines is 1. The van der Waals surface area contributed by atoms with E-state index < -0.39 is 18.7 Å². The Balaban J connectivity index is 1.60. The summed E-state index contributed by atoms with van der Waals surface area (Å²) in [5.41, 5.74) is 3.28. The van der Waals surface area contributed by atoms with Gasteiger partial charge in [-0.05, 0) is 30.7 Å². The van der Waals surface area contributed by atoms with Gasteiger partial charge in [-0.2, -0.15) is 13.2 Å². The smallest absolute Gasteiger partial charge is 0.401 e. The highest BCUT2D eigenvalue weighted by atomic mass is 19.4. The molecule has 0 amide bonds. The van der Waals surface area contributed by atoms with E-state index >= 15 is 0 Å². The molecule has 0 unspecified atom stereocenters. The zero-order valence-corrected chi connectivity index (χ0v) is 24.2. The molecule has 0 radical (unpaired) electrons. The van der Waals surface area contributed by atoms with Crippen LogP contribution in [0, 0.1) is 5.82 Å². The van der Waals surface area contributed by atoms with Crippen molar-refractivity contribution >= 4 is 17.4 Å². The molecule has 1 aromatic carbocycles. The molecule has 228 valence electrons. The zero-order chi connectivity index (χ0) is 30.9. The van der Waals surface area contributed by atoms with E-state index in [0.717, 1.165) is 5.56 Å². The maximum Gasteiger partial charge on any atom is 0.401 e. The lowest BCUT2D eigenvalue weighted by Crippen LogP contribution is -2.28. The first-order valence-electron chi connectivity index (χ1n) is 13.8. The number of hydrogen-bond donors (Lipinski definition) is 2. The van der Waals surface area contributed by atoms with Gasteiger partial charge < -0.3 is 20.1 Å². The standard InChI is InChI=1S/C30H32F4N6O3/c1-5-42-27(41)25-26-21(19-12-36-24(29(2,3)4)10-17(19)11-35-15-30(32,33)34)14-38-28(40(26)16-39-25)37-13-20-18-8-9-43-23(18)7-6-22(20)31/h6-7,10,12,14,16,35H,5,8-9,11,13,15H2,1-4H3,(H,37,38). The fourth-order valence-electron chi connectivity index (χ4n) is 5.00. The Bertz CT molecular complexity index is 1660. The molecule has 0 spiro atoms. The van der Waals surface area contributed by atoms with Crippen molar-refractivity contribution in [3.8, 4) is 16.9 Å². The lowest BCUT2D eigenvalue weighted by atomic mass is 9.89. The van der Waals surface area contributed by atoms with Crippen molar-refractivity contribution in [3.63, 3.8) is 0 Å². The summed E-state index contributed by atoms with van der Waals surface area (Å²) >= 11 is 0. The maximum atomic E-state index is 14.8. The lowest BCUT2D eigenvalue weighted by molar-refractivity contribution is -0.125. The van der Waals surface area contributed by atoms with Crippen molar-refractivity contribution in [2.45, 2.75) is 58.8 Å². The lowest BCUT2D eigenvalue weighted by Gasteiger charge is -2.21. The molecule has 0 bridgehead atoms. The van der Waals surface area contributed by atoms with Crippen molar-refractivity contribution in [1.82, 2.24) is 24.7 Å². The van der Waals surface area contributed by atoms with E-state index in [9.17, 15) is 22.4 Å². The summed E-state index contributed by atoms with van der Waals surface area (Å²) in [5, 5.41) is 5.60. The molecule has 9 nitrogen and oxygen atoms in total. The predicted octanol–water partition coefficient (Wildman–Crippen LogP) is 5.60. The van der Waals surface area contributed by atoms with Gasteiger partial charge in [0, 0.05) is 65.3 Å². The van der Waals surface area contributed by atoms with Crippen LogP contribution in [0.25, 0.3) is 16.6 Å². The minimum atomic E-state index is -4.39. The van der Waals surface area contributed by atoms with Crippen LogP contribution >= 0.6 is 0 Å². The van der Waals surface area contributed by atoms with Gasteiger partial charge in [0.25, 0.3) is 0 Å². The largest absolute Gasteiger partial charge is 0.493 e. The molecule has 0 saturated carbocycles. The Labute approximate surface area is 245 Å². The molecule has 0 fully saturated rings. The molecule has 1 aliphatic rings. The average molecular weight is 601 g/mol. The number of ether oxygens (including phenoxy) is 2. The minimum absolute atomic E-state index is 0.00316. The van der Waals surface area contributed by atoms with Crippen LogP contribution in [0.4, 0.5) is 23.5 Å². The number of alkyl halides is 3. The number of hydrogen-bond acceptors (Lipinski definition) is 8. The molecular formula is C30H32F4N6O3. The molecule has 4 heterocycles. The summed E-state index contributed by atoms with van der Waals surface area (Å²) in [6.45, 7) is 6.90. The van der Waals surface area contributed by atoms with Gasteiger partial charge in [0.2, 0.25) is 5.95 Å². The molecule has 0 saturated heterocycles. The Morgan fingerprint density at radius 1 is 1.09 bits per heavy atom. The highest BCUT2D eigenvalue weighted by molar-refractivity contribution is 6.00. The topological polar surface area (TPSA) is 103 Å². The monoisotopic (exact) mass is 600 g/mol. The molecule has 4 aromatic rings. The number of nitrogens with zero attached hydrogens (tertiary/aromatic N) is 4. The quantitative estimate of drug-likeness (QED) is 0.189. The summed E-state index contributed by atoms with van der Waals surface area (Å²) < 4.78 is 66.1. The summed E-state index contributed by atoms with van der Waals surface area (Å²) in [5.74, 6) is -0.155. The minimum Gasteiger partial charge on any atom is -0.493 e. The fourth-order valence-corrected chi connectivity index (χ4v) is 5.00. The van der Waals surface area contributed by atoms with Gasteiger partial charge in [0.1, 0.15) is 17.9 Å². The van der Waals surface area contributed by atoms with Crippen LogP contribution in [0.3, 0.4) is 0 Å². The summed E-state index contributed by atoms with van der Waals surface area (Å²) in [6, 6.07) is 4.71. The Morgan fingerprint density at radius 3 is 2.58 bits per heavy atom. The van der Waals surface area contributed by atoms with Crippen molar-refractivity contribution in [1.29, 1.82) is 0 Å². The average Bonchev–Trinajstić information content (AvgIpc) is 3.60.